The Morgan fingerprint density at radius 1 is 0.812 bits per heavy atom. The lowest BCUT2D eigenvalue weighted by Crippen LogP contribution is -1.99. The molecule has 0 aromatic rings. The van der Waals surface area contributed by atoms with E-state index in [9.17, 15) is 0 Å². The predicted octanol–water partition coefficient (Wildman–Crippen LogP) is 4.54. The minimum Gasteiger partial charge on any atom is -0.0629 e. The molecule has 2 bridgehead atoms. The van der Waals surface area contributed by atoms with Crippen LogP contribution in [-0.2, 0) is 0 Å². The van der Waals surface area contributed by atoms with E-state index in [1.54, 1.807) is 22.3 Å². The lowest BCUT2D eigenvalue weighted by atomic mass is 9.91. The lowest BCUT2D eigenvalue weighted by Gasteiger charge is -2.15. The molecule has 0 aliphatic heterocycles. The van der Waals surface area contributed by atoms with Gasteiger partial charge in [0.2, 0.25) is 0 Å². The van der Waals surface area contributed by atoms with Crippen LogP contribution < -0.4 is 0 Å². The van der Waals surface area contributed by atoms with Crippen LogP contribution in [0.5, 0.6) is 0 Å². The van der Waals surface area contributed by atoms with E-state index in [2.05, 4.69) is 12.2 Å². The Hall–Kier alpha value is -0.780. The summed E-state index contributed by atoms with van der Waals surface area (Å²) in [6.07, 6.45) is 16.6. The molecule has 0 saturated heterocycles. The first kappa shape index (κ1) is 9.27. The second-order valence-corrected chi connectivity index (χ2v) is 6.03. The molecule has 0 nitrogen and oxygen atoms in total. The Kier molecular flexibility index (Phi) is 1.94. The van der Waals surface area contributed by atoms with Crippen LogP contribution in [-0.4, -0.2) is 0 Å². The molecule has 3 fully saturated rings. The van der Waals surface area contributed by atoms with Crippen molar-refractivity contribution < 1.29 is 0 Å². The zero-order valence-electron chi connectivity index (χ0n) is 9.97. The van der Waals surface area contributed by atoms with Gasteiger partial charge in [0, 0.05) is 0 Å². The van der Waals surface area contributed by atoms with Crippen LogP contribution >= 0.6 is 0 Å². The fourth-order valence-corrected chi connectivity index (χ4v) is 4.27. The third-order valence-corrected chi connectivity index (χ3v) is 5.13. The zero-order valence-corrected chi connectivity index (χ0v) is 9.97. The Morgan fingerprint density at radius 2 is 1.44 bits per heavy atom. The summed E-state index contributed by atoms with van der Waals surface area (Å²) in [6, 6.07) is 0. The van der Waals surface area contributed by atoms with Crippen LogP contribution in [0.15, 0.2) is 34.4 Å². The van der Waals surface area contributed by atoms with Gasteiger partial charge in [-0.1, -0.05) is 24.1 Å². The monoisotopic (exact) mass is 212 g/mol. The van der Waals surface area contributed by atoms with Crippen molar-refractivity contribution in [1.82, 2.24) is 0 Å². The summed E-state index contributed by atoms with van der Waals surface area (Å²) in [5.41, 5.74) is 6.87. The normalized spacial score (nSPS) is 36.5. The Labute approximate surface area is 98.1 Å². The van der Waals surface area contributed by atoms with Gasteiger partial charge in [0.05, 0.1) is 0 Å². The van der Waals surface area contributed by atoms with Crippen LogP contribution in [0.2, 0.25) is 0 Å². The quantitative estimate of drug-likeness (QED) is 0.553. The molecule has 0 N–H and O–H groups in total. The molecule has 4 rings (SSSR count). The van der Waals surface area contributed by atoms with Gasteiger partial charge >= 0.3 is 0 Å². The molecule has 4 aliphatic rings. The van der Waals surface area contributed by atoms with Gasteiger partial charge < -0.3 is 0 Å². The topological polar surface area (TPSA) is 0 Å². The van der Waals surface area contributed by atoms with Crippen LogP contribution in [0.1, 0.15) is 51.4 Å². The highest BCUT2D eigenvalue weighted by Gasteiger charge is 2.41. The molecule has 0 heteroatoms. The number of hydrogen-bond acceptors (Lipinski definition) is 0. The number of hydrogen-bond donors (Lipinski definition) is 0. The standard InChI is InChI=1S/C16H20/c1-2-4-11(5-3-1)14-9-15-12-6-7-13(8-12)16(15)10-14/h9-10,12-13H,1-8H2. The van der Waals surface area contributed by atoms with Crippen molar-refractivity contribution in [2.24, 2.45) is 11.8 Å². The summed E-state index contributed by atoms with van der Waals surface area (Å²) >= 11 is 0. The van der Waals surface area contributed by atoms with Crippen LogP contribution in [0.3, 0.4) is 0 Å². The average Bonchev–Trinajstić information content (AvgIpc) is 3.02. The van der Waals surface area contributed by atoms with Crippen molar-refractivity contribution in [3.63, 3.8) is 0 Å². The smallest absolute Gasteiger partial charge is 0.0153 e. The van der Waals surface area contributed by atoms with E-state index < -0.39 is 0 Å². The molecule has 0 heterocycles. The minimum atomic E-state index is 0.943. The van der Waals surface area contributed by atoms with Crippen molar-refractivity contribution in [3.05, 3.63) is 34.4 Å². The Morgan fingerprint density at radius 3 is 2.06 bits per heavy atom. The van der Waals surface area contributed by atoms with Crippen molar-refractivity contribution in [2.75, 3.05) is 0 Å². The molecule has 16 heavy (non-hydrogen) atoms. The van der Waals surface area contributed by atoms with Crippen molar-refractivity contribution in [2.45, 2.75) is 51.4 Å². The highest BCUT2D eigenvalue weighted by molar-refractivity contribution is 5.59. The molecule has 4 aliphatic carbocycles. The van der Waals surface area contributed by atoms with E-state index in [0.29, 0.717) is 0 Å². The van der Waals surface area contributed by atoms with Gasteiger partial charge in [-0.25, -0.2) is 0 Å². The van der Waals surface area contributed by atoms with Gasteiger partial charge in [-0.3, -0.25) is 0 Å². The molecular formula is C16H20. The van der Waals surface area contributed by atoms with Gasteiger partial charge in [0.25, 0.3) is 0 Å². The summed E-state index contributed by atoms with van der Waals surface area (Å²) in [6.45, 7) is 0. The largest absolute Gasteiger partial charge is 0.0629 e. The van der Waals surface area contributed by atoms with Crippen LogP contribution in [0, 0.1) is 11.8 Å². The van der Waals surface area contributed by atoms with E-state index >= 15 is 0 Å². The maximum Gasteiger partial charge on any atom is -0.0153 e. The van der Waals surface area contributed by atoms with Crippen LogP contribution in [0.25, 0.3) is 0 Å². The molecular weight excluding hydrogens is 192 g/mol. The zero-order chi connectivity index (χ0) is 10.5. The number of allylic oxidation sites excluding steroid dienone is 6. The minimum absolute atomic E-state index is 0.943. The summed E-state index contributed by atoms with van der Waals surface area (Å²) in [4.78, 5) is 0. The first-order valence-corrected chi connectivity index (χ1v) is 7.07. The molecule has 3 saturated carbocycles. The van der Waals surface area contributed by atoms with E-state index in [1.807, 2.05) is 0 Å². The van der Waals surface area contributed by atoms with Gasteiger partial charge in [-0.15, -0.1) is 0 Å². The maximum absolute atomic E-state index is 2.56. The summed E-state index contributed by atoms with van der Waals surface area (Å²) in [7, 11) is 0. The van der Waals surface area contributed by atoms with E-state index in [1.165, 1.54) is 51.4 Å². The molecule has 0 spiro atoms. The third kappa shape index (κ3) is 1.22. The van der Waals surface area contributed by atoms with E-state index in [4.69, 9.17) is 0 Å². The van der Waals surface area contributed by atoms with Crippen LogP contribution in [0.4, 0.5) is 0 Å². The summed E-state index contributed by atoms with van der Waals surface area (Å²) in [5, 5.41) is 0. The fraction of sp³-hybridized carbons (Fsp3) is 0.625. The molecule has 0 radical (unpaired) electrons. The second-order valence-electron chi connectivity index (χ2n) is 6.03. The third-order valence-electron chi connectivity index (χ3n) is 5.13. The van der Waals surface area contributed by atoms with Gasteiger partial charge in [-0.2, -0.15) is 0 Å². The molecule has 84 valence electrons. The predicted molar refractivity (Wildman–Crippen MR) is 67.1 cm³/mol. The Bertz CT molecular complexity index is 383. The van der Waals surface area contributed by atoms with Crippen molar-refractivity contribution in [1.29, 1.82) is 0 Å². The molecule has 2 atom stereocenters. The SMILES string of the molecule is C1=C2C(=CC1=C1CCCCC1)C1CCC2C1. The highest BCUT2D eigenvalue weighted by atomic mass is 14.5. The lowest BCUT2D eigenvalue weighted by molar-refractivity contribution is 0.596. The van der Waals surface area contributed by atoms with Gasteiger partial charge in [-0.05, 0) is 73.5 Å². The number of rotatable bonds is 0. The Balaban J connectivity index is 1.72. The van der Waals surface area contributed by atoms with E-state index in [-0.39, 0.29) is 0 Å². The molecule has 2 unspecified atom stereocenters. The first-order chi connectivity index (χ1) is 7.92. The summed E-state index contributed by atoms with van der Waals surface area (Å²) < 4.78 is 0. The second kappa shape index (κ2) is 3.35. The first-order valence-electron chi connectivity index (χ1n) is 7.07. The molecule has 0 amide bonds. The molecule has 0 aromatic heterocycles. The fourth-order valence-electron chi connectivity index (χ4n) is 4.27. The highest BCUT2D eigenvalue weighted by Crippen LogP contribution is 2.54. The van der Waals surface area contributed by atoms with Crippen molar-refractivity contribution in [3.8, 4) is 0 Å². The number of fused-ring (bicyclic) bond motifs is 5. The molecule has 0 aromatic carbocycles. The summed E-state index contributed by atoms with van der Waals surface area (Å²) in [5.74, 6) is 1.89. The van der Waals surface area contributed by atoms with Gasteiger partial charge in [0.1, 0.15) is 0 Å². The van der Waals surface area contributed by atoms with E-state index in [0.717, 1.165) is 11.8 Å². The average molecular weight is 212 g/mol. The maximum atomic E-state index is 2.56. The van der Waals surface area contributed by atoms with Crippen molar-refractivity contribution >= 4 is 0 Å². The van der Waals surface area contributed by atoms with Gasteiger partial charge in [0.15, 0.2) is 0 Å².